The van der Waals surface area contributed by atoms with Gasteiger partial charge in [0, 0.05) is 7.05 Å². The molecule has 0 fully saturated rings. The van der Waals surface area contributed by atoms with E-state index in [9.17, 15) is 13.2 Å². The lowest BCUT2D eigenvalue weighted by Gasteiger charge is -2.14. The summed E-state index contributed by atoms with van der Waals surface area (Å²) in [5, 5.41) is 11.7. The lowest BCUT2D eigenvalue weighted by molar-refractivity contribution is -0.144. The zero-order valence-electron chi connectivity index (χ0n) is 12.0. The van der Waals surface area contributed by atoms with Crippen LogP contribution in [-0.2, 0) is 19.6 Å². The molecule has 0 unspecified atom stereocenters. The summed E-state index contributed by atoms with van der Waals surface area (Å²) in [7, 11) is -0.909. The normalized spacial score (nSPS) is 12.1. The molecule has 0 saturated carbocycles. The molecular weight excluding hydrogens is 294 g/mol. The van der Waals surface area contributed by atoms with E-state index in [-0.39, 0.29) is 5.69 Å². The number of methoxy groups -OCH3 is 1. The zero-order valence-corrected chi connectivity index (χ0v) is 12.8. The summed E-state index contributed by atoms with van der Waals surface area (Å²) in [5.74, 6) is -1.79. The molecule has 1 atom stereocenters. The first-order valence-corrected chi connectivity index (χ1v) is 7.78. The minimum atomic E-state index is -3.75. The highest BCUT2D eigenvalue weighted by Crippen LogP contribution is 2.24. The number of anilines is 2. The second kappa shape index (κ2) is 6.95. The Labute approximate surface area is 124 Å². The van der Waals surface area contributed by atoms with E-state index in [1.54, 1.807) is 19.2 Å². The molecule has 0 aliphatic heterocycles. The van der Waals surface area contributed by atoms with Crippen LogP contribution in [0.25, 0.3) is 0 Å². The number of hydrogen-bond acceptors (Lipinski definition) is 6. The third-order valence-electron chi connectivity index (χ3n) is 2.76. The fourth-order valence-corrected chi connectivity index (χ4v) is 3.11. The van der Waals surface area contributed by atoms with Crippen LogP contribution < -0.4 is 10.0 Å². The second-order valence-corrected chi connectivity index (χ2v) is 6.20. The number of hydrogen-bond donors (Lipinski definition) is 2. The number of sulfonamides is 1. The van der Waals surface area contributed by atoms with Crippen molar-refractivity contribution in [1.82, 2.24) is 0 Å². The van der Waals surface area contributed by atoms with Crippen LogP contribution in [0, 0.1) is 17.2 Å². The van der Waals surface area contributed by atoms with Crippen LogP contribution in [0.1, 0.15) is 12.5 Å². The Morgan fingerprint density at radius 2 is 2.10 bits per heavy atom. The predicted molar refractivity (Wildman–Crippen MR) is 79.3 cm³/mol. The van der Waals surface area contributed by atoms with Gasteiger partial charge in [-0.25, -0.2) is 8.42 Å². The van der Waals surface area contributed by atoms with Crippen LogP contribution in [0.5, 0.6) is 0 Å². The Kier molecular flexibility index (Phi) is 5.55. The summed E-state index contributed by atoms with van der Waals surface area (Å²) < 4.78 is 31.0. The van der Waals surface area contributed by atoms with E-state index in [2.05, 4.69) is 14.8 Å². The van der Waals surface area contributed by atoms with Gasteiger partial charge in [0.1, 0.15) is 0 Å². The summed E-state index contributed by atoms with van der Waals surface area (Å²) in [6.07, 6.45) is 0. The maximum atomic E-state index is 12.1. The van der Waals surface area contributed by atoms with Crippen molar-refractivity contribution in [2.75, 3.05) is 29.9 Å². The Bertz CT molecular complexity index is 664. The number of nitrogens with zero attached hydrogens (tertiary/aromatic N) is 1. The van der Waals surface area contributed by atoms with Crippen molar-refractivity contribution in [3.05, 3.63) is 23.8 Å². The summed E-state index contributed by atoms with van der Waals surface area (Å²) >= 11 is 0. The Hall–Kier alpha value is -2.27. The van der Waals surface area contributed by atoms with Gasteiger partial charge in [0.15, 0.2) is 0 Å². The Balaban J connectivity index is 2.99. The maximum absolute atomic E-state index is 12.1. The molecule has 21 heavy (non-hydrogen) atoms. The van der Waals surface area contributed by atoms with Crippen molar-refractivity contribution in [2.45, 2.75) is 6.92 Å². The first-order chi connectivity index (χ1) is 9.82. The number of carbonyl (C=O) groups is 1. The highest BCUT2D eigenvalue weighted by atomic mass is 32.2. The van der Waals surface area contributed by atoms with Crippen LogP contribution in [0.3, 0.4) is 0 Å². The monoisotopic (exact) mass is 311 g/mol. The molecule has 8 heteroatoms. The average molecular weight is 311 g/mol. The van der Waals surface area contributed by atoms with Gasteiger partial charge in [0.2, 0.25) is 10.0 Å². The van der Waals surface area contributed by atoms with Gasteiger partial charge >= 0.3 is 5.97 Å². The average Bonchev–Trinajstić information content (AvgIpc) is 2.45. The molecule has 7 nitrogen and oxygen atoms in total. The van der Waals surface area contributed by atoms with Gasteiger partial charge in [-0.15, -0.1) is 0 Å². The van der Waals surface area contributed by atoms with Gasteiger partial charge in [-0.05, 0) is 18.2 Å². The summed E-state index contributed by atoms with van der Waals surface area (Å²) in [5.41, 5.74) is 1.12. The van der Waals surface area contributed by atoms with Crippen LogP contribution in [-0.4, -0.2) is 34.3 Å². The summed E-state index contributed by atoms with van der Waals surface area (Å²) in [6.45, 7) is 1.47. The van der Waals surface area contributed by atoms with Crippen LogP contribution >= 0.6 is 0 Å². The highest BCUT2D eigenvalue weighted by Gasteiger charge is 2.23. The quantitative estimate of drug-likeness (QED) is 0.763. The first kappa shape index (κ1) is 16.8. The lowest BCUT2D eigenvalue weighted by Crippen LogP contribution is -2.27. The van der Waals surface area contributed by atoms with Crippen molar-refractivity contribution in [3.8, 4) is 6.07 Å². The fraction of sp³-hybridized carbons (Fsp3) is 0.385. The van der Waals surface area contributed by atoms with Crippen molar-refractivity contribution >= 4 is 27.4 Å². The number of nitriles is 1. The number of benzene rings is 1. The summed E-state index contributed by atoms with van der Waals surface area (Å²) in [6, 6.07) is 6.53. The van der Waals surface area contributed by atoms with E-state index in [1.807, 2.05) is 6.07 Å². The molecule has 1 aromatic rings. The molecule has 0 radical (unpaired) electrons. The first-order valence-electron chi connectivity index (χ1n) is 6.13. The number of esters is 1. The van der Waals surface area contributed by atoms with Gasteiger partial charge < -0.3 is 10.1 Å². The topological polar surface area (TPSA) is 108 Å². The smallest absolute Gasteiger partial charge is 0.309 e. The summed E-state index contributed by atoms with van der Waals surface area (Å²) in [4.78, 5) is 11.3. The molecule has 2 N–H and O–H groups in total. The van der Waals surface area contributed by atoms with E-state index in [0.29, 0.717) is 11.3 Å². The number of rotatable bonds is 6. The van der Waals surface area contributed by atoms with Crippen molar-refractivity contribution < 1.29 is 17.9 Å². The van der Waals surface area contributed by atoms with Crippen LogP contribution in [0.15, 0.2) is 18.2 Å². The van der Waals surface area contributed by atoms with Gasteiger partial charge in [0.05, 0.1) is 41.8 Å². The zero-order chi connectivity index (χ0) is 16.0. The molecule has 0 aliphatic carbocycles. The number of ether oxygens (including phenoxy) is 1. The van der Waals surface area contributed by atoms with Gasteiger partial charge in [0.25, 0.3) is 0 Å². The van der Waals surface area contributed by atoms with E-state index in [1.165, 1.54) is 20.1 Å². The molecule has 0 heterocycles. The third kappa shape index (κ3) is 4.65. The SMILES string of the molecule is CNc1ccc(C#N)cc1NS(=O)(=O)C[C@@H](C)C(=O)OC. The molecule has 0 bridgehead atoms. The largest absolute Gasteiger partial charge is 0.469 e. The molecule has 0 aromatic heterocycles. The minimum Gasteiger partial charge on any atom is -0.469 e. The third-order valence-corrected chi connectivity index (χ3v) is 4.23. The van der Waals surface area contributed by atoms with Crippen molar-refractivity contribution in [1.29, 1.82) is 5.26 Å². The van der Waals surface area contributed by atoms with Gasteiger partial charge in [-0.2, -0.15) is 5.26 Å². The standard InChI is InChI=1S/C13H17N3O4S/c1-9(13(17)20-3)8-21(18,19)16-12-6-10(7-14)4-5-11(12)15-2/h4-6,9,15-16H,8H2,1-3H3/t9-/m1/s1. The van der Waals surface area contributed by atoms with Crippen molar-refractivity contribution in [2.24, 2.45) is 5.92 Å². The van der Waals surface area contributed by atoms with E-state index >= 15 is 0 Å². The molecule has 1 rings (SSSR count). The highest BCUT2D eigenvalue weighted by molar-refractivity contribution is 7.92. The van der Waals surface area contributed by atoms with Crippen LogP contribution in [0.2, 0.25) is 0 Å². The lowest BCUT2D eigenvalue weighted by atomic mass is 10.2. The van der Waals surface area contributed by atoms with Crippen LogP contribution in [0.4, 0.5) is 11.4 Å². The van der Waals surface area contributed by atoms with E-state index < -0.39 is 27.7 Å². The van der Waals surface area contributed by atoms with Crippen molar-refractivity contribution in [3.63, 3.8) is 0 Å². The van der Waals surface area contributed by atoms with E-state index in [0.717, 1.165) is 0 Å². The number of carbonyl (C=O) groups excluding carboxylic acids is 1. The number of nitrogens with one attached hydrogen (secondary N) is 2. The Morgan fingerprint density at radius 1 is 1.43 bits per heavy atom. The molecule has 0 aliphatic rings. The molecule has 1 aromatic carbocycles. The molecule has 0 spiro atoms. The molecule has 0 saturated heterocycles. The predicted octanol–water partition coefficient (Wildman–Crippen LogP) is 1.15. The second-order valence-electron chi connectivity index (χ2n) is 4.43. The molecular formula is C13H17N3O4S. The fourth-order valence-electron chi connectivity index (χ4n) is 1.72. The molecule has 0 amide bonds. The van der Waals surface area contributed by atoms with E-state index in [4.69, 9.17) is 5.26 Å². The maximum Gasteiger partial charge on any atom is 0.309 e. The van der Waals surface area contributed by atoms with Gasteiger partial charge in [-0.1, -0.05) is 6.92 Å². The minimum absolute atomic E-state index is 0.258. The molecule has 114 valence electrons. The van der Waals surface area contributed by atoms with Gasteiger partial charge in [-0.3, -0.25) is 9.52 Å². The Morgan fingerprint density at radius 3 is 2.62 bits per heavy atom.